The first-order chi connectivity index (χ1) is 11.5. The lowest BCUT2D eigenvalue weighted by molar-refractivity contribution is -0.121. The van der Waals surface area contributed by atoms with Gasteiger partial charge in [-0.2, -0.15) is 0 Å². The van der Waals surface area contributed by atoms with Crippen LogP contribution in [0.2, 0.25) is 0 Å². The highest BCUT2D eigenvalue weighted by molar-refractivity contribution is 9.11. The Kier molecular flexibility index (Phi) is 5.40. The van der Waals surface area contributed by atoms with Crippen molar-refractivity contribution in [3.05, 3.63) is 51.3 Å². The van der Waals surface area contributed by atoms with Crippen molar-refractivity contribution >= 4 is 49.4 Å². The van der Waals surface area contributed by atoms with Crippen molar-refractivity contribution in [3.8, 4) is 0 Å². The average Bonchev–Trinajstić information content (AvgIpc) is 3.11. The first-order valence-corrected chi connectivity index (χ1v) is 9.22. The van der Waals surface area contributed by atoms with Gasteiger partial charge < -0.3 is 14.6 Å². The van der Waals surface area contributed by atoms with Crippen molar-refractivity contribution in [2.24, 2.45) is 5.92 Å². The van der Waals surface area contributed by atoms with Crippen molar-refractivity contribution in [3.63, 3.8) is 0 Å². The van der Waals surface area contributed by atoms with Crippen LogP contribution in [0.5, 0.6) is 0 Å². The number of benzene rings is 1. The normalized spacial score (nSPS) is 15.3. The van der Waals surface area contributed by atoms with E-state index in [9.17, 15) is 9.59 Å². The zero-order valence-corrected chi connectivity index (χ0v) is 16.0. The Morgan fingerprint density at radius 3 is 2.54 bits per heavy atom. The quantitative estimate of drug-likeness (QED) is 0.750. The molecule has 0 radical (unpaired) electrons. The molecule has 3 rings (SSSR count). The Bertz CT molecular complexity index is 738. The molecule has 1 aromatic carbocycles. The third-order valence-corrected chi connectivity index (χ3v) is 5.22. The maximum Gasteiger partial charge on any atom is 0.289 e. The summed E-state index contributed by atoms with van der Waals surface area (Å²) in [6.45, 7) is 1.11. The highest BCUT2D eigenvalue weighted by atomic mass is 79.9. The minimum absolute atomic E-state index is 0.0110. The van der Waals surface area contributed by atoms with E-state index in [2.05, 4.69) is 37.2 Å². The first kappa shape index (κ1) is 17.2. The molecule has 1 aliphatic heterocycles. The number of hydrogen-bond donors (Lipinski definition) is 1. The summed E-state index contributed by atoms with van der Waals surface area (Å²) in [6, 6.07) is 8.97. The number of carbonyl (C=O) groups is 2. The third-order valence-electron chi connectivity index (χ3n) is 4.07. The van der Waals surface area contributed by atoms with Crippen LogP contribution in [0.15, 0.2) is 50.0 Å². The molecule has 2 amide bonds. The van der Waals surface area contributed by atoms with Gasteiger partial charge in [0, 0.05) is 28.0 Å². The summed E-state index contributed by atoms with van der Waals surface area (Å²) in [5.41, 5.74) is 0.747. The highest BCUT2D eigenvalue weighted by Gasteiger charge is 2.28. The molecule has 1 saturated heterocycles. The van der Waals surface area contributed by atoms with E-state index in [1.807, 2.05) is 18.2 Å². The minimum Gasteiger partial charge on any atom is -0.459 e. The second kappa shape index (κ2) is 7.53. The molecule has 0 bridgehead atoms. The van der Waals surface area contributed by atoms with Gasteiger partial charge in [0.25, 0.3) is 5.91 Å². The van der Waals surface area contributed by atoms with Crippen LogP contribution in [-0.2, 0) is 4.79 Å². The molecular formula is C17H16Br2N2O3. The Labute approximate surface area is 156 Å². The summed E-state index contributed by atoms with van der Waals surface area (Å²) in [6.07, 6.45) is 2.78. The van der Waals surface area contributed by atoms with Crippen LogP contribution in [-0.4, -0.2) is 29.8 Å². The monoisotopic (exact) mass is 454 g/mol. The number of amides is 2. The summed E-state index contributed by atoms with van der Waals surface area (Å²) >= 11 is 6.83. The predicted molar refractivity (Wildman–Crippen MR) is 97.8 cm³/mol. The molecule has 24 heavy (non-hydrogen) atoms. The van der Waals surface area contributed by atoms with E-state index in [1.165, 1.54) is 6.26 Å². The Morgan fingerprint density at radius 1 is 1.17 bits per heavy atom. The van der Waals surface area contributed by atoms with E-state index >= 15 is 0 Å². The smallest absolute Gasteiger partial charge is 0.289 e. The fourth-order valence-corrected chi connectivity index (χ4v) is 3.87. The van der Waals surface area contributed by atoms with Gasteiger partial charge in [-0.25, -0.2) is 0 Å². The number of rotatable bonds is 3. The van der Waals surface area contributed by atoms with Crippen LogP contribution in [0.4, 0.5) is 5.69 Å². The van der Waals surface area contributed by atoms with E-state index < -0.39 is 0 Å². The standard InChI is InChI=1S/C17H16Br2N2O3/c18-12-3-4-14(13(19)10-12)20-16(22)11-5-7-21(8-6-11)17(23)15-2-1-9-24-15/h1-4,9-11H,5-8H2,(H,20,22). The number of piperidine rings is 1. The van der Waals surface area contributed by atoms with Gasteiger partial charge in [-0.3, -0.25) is 9.59 Å². The molecule has 0 saturated carbocycles. The van der Waals surface area contributed by atoms with Gasteiger partial charge in [-0.05, 0) is 59.1 Å². The van der Waals surface area contributed by atoms with Crippen LogP contribution in [0.1, 0.15) is 23.4 Å². The molecule has 0 aliphatic carbocycles. The molecular weight excluding hydrogens is 440 g/mol. The lowest BCUT2D eigenvalue weighted by atomic mass is 9.95. The number of hydrogen-bond acceptors (Lipinski definition) is 3. The van der Waals surface area contributed by atoms with Crippen molar-refractivity contribution in [2.45, 2.75) is 12.8 Å². The number of nitrogens with one attached hydrogen (secondary N) is 1. The molecule has 0 atom stereocenters. The molecule has 1 N–H and O–H groups in total. The van der Waals surface area contributed by atoms with Crippen LogP contribution in [0.3, 0.4) is 0 Å². The molecule has 1 aromatic heterocycles. The summed E-state index contributed by atoms with van der Waals surface area (Å²) < 4.78 is 6.92. The molecule has 0 spiro atoms. The predicted octanol–water partition coefficient (Wildman–Crippen LogP) is 4.30. The third kappa shape index (κ3) is 3.89. The van der Waals surface area contributed by atoms with E-state index in [0.29, 0.717) is 31.7 Å². The molecule has 126 valence electrons. The molecule has 0 unspecified atom stereocenters. The molecule has 1 aliphatic rings. The van der Waals surface area contributed by atoms with Crippen molar-refractivity contribution in [2.75, 3.05) is 18.4 Å². The molecule has 2 aromatic rings. The molecule has 7 heteroatoms. The highest BCUT2D eigenvalue weighted by Crippen LogP contribution is 2.28. The Balaban J connectivity index is 1.56. The number of halogens is 2. The summed E-state index contributed by atoms with van der Waals surface area (Å²) in [7, 11) is 0. The molecule has 2 heterocycles. The van der Waals surface area contributed by atoms with Crippen LogP contribution in [0.25, 0.3) is 0 Å². The van der Waals surface area contributed by atoms with Gasteiger partial charge in [0.05, 0.1) is 12.0 Å². The second-order valence-corrected chi connectivity index (χ2v) is 7.43. The Morgan fingerprint density at radius 2 is 1.92 bits per heavy atom. The summed E-state index contributed by atoms with van der Waals surface area (Å²) in [5, 5.41) is 2.95. The number of likely N-dealkylation sites (tertiary alicyclic amines) is 1. The SMILES string of the molecule is O=C(Nc1ccc(Br)cc1Br)C1CCN(C(=O)c2ccco2)CC1. The zero-order valence-electron chi connectivity index (χ0n) is 12.8. The minimum atomic E-state index is -0.116. The van der Waals surface area contributed by atoms with Gasteiger partial charge in [0.1, 0.15) is 0 Å². The van der Waals surface area contributed by atoms with Gasteiger partial charge in [-0.15, -0.1) is 0 Å². The maximum absolute atomic E-state index is 12.4. The number of anilines is 1. The molecule has 5 nitrogen and oxygen atoms in total. The van der Waals surface area contributed by atoms with Crippen molar-refractivity contribution in [1.82, 2.24) is 4.90 Å². The van der Waals surface area contributed by atoms with E-state index in [4.69, 9.17) is 4.42 Å². The average molecular weight is 456 g/mol. The number of nitrogens with zero attached hydrogens (tertiary/aromatic N) is 1. The van der Waals surface area contributed by atoms with Gasteiger partial charge in [-0.1, -0.05) is 15.9 Å². The second-order valence-electron chi connectivity index (χ2n) is 5.66. The molecule has 1 fully saturated rings. The van der Waals surface area contributed by atoms with E-state index in [1.54, 1.807) is 17.0 Å². The fourth-order valence-electron chi connectivity index (χ4n) is 2.73. The van der Waals surface area contributed by atoms with Crippen molar-refractivity contribution in [1.29, 1.82) is 0 Å². The topological polar surface area (TPSA) is 62.6 Å². The zero-order chi connectivity index (χ0) is 17.1. The Hall–Kier alpha value is -1.60. The lowest BCUT2D eigenvalue weighted by Gasteiger charge is -2.30. The first-order valence-electron chi connectivity index (χ1n) is 7.63. The van der Waals surface area contributed by atoms with Gasteiger partial charge >= 0.3 is 0 Å². The maximum atomic E-state index is 12.4. The lowest BCUT2D eigenvalue weighted by Crippen LogP contribution is -2.41. The van der Waals surface area contributed by atoms with E-state index in [-0.39, 0.29) is 17.7 Å². The van der Waals surface area contributed by atoms with E-state index in [0.717, 1.165) is 14.6 Å². The van der Waals surface area contributed by atoms with Crippen LogP contribution < -0.4 is 5.32 Å². The number of carbonyl (C=O) groups excluding carboxylic acids is 2. The fraction of sp³-hybridized carbons (Fsp3) is 0.294. The van der Waals surface area contributed by atoms with Gasteiger partial charge in [0.2, 0.25) is 5.91 Å². The van der Waals surface area contributed by atoms with Gasteiger partial charge in [0.15, 0.2) is 5.76 Å². The van der Waals surface area contributed by atoms with Crippen molar-refractivity contribution < 1.29 is 14.0 Å². The largest absolute Gasteiger partial charge is 0.459 e. The summed E-state index contributed by atoms with van der Waals surface area (Å²) in [4.78, 5) is 26.4. The summed E-state index contributed by atoms with van der Waals surface area (Å²) in [5.74, 6) is 0.121. The van der Waals surface area contributed by atoms with Crippen LogP contribution in [0, 0.1) is 5.92 Å². The van der Waals surface area contributed by atoms with Crippen LogP contribution >= 0.6 is 31.9 Å². The number of furan rings is 1.